The van der Waals surface area contributed by atoms with E-state index in [9.17, 15) is 19.2 Å². The monoisotopic (exact) mass is 396 g/mol. The van der Waals surface area contributed by atoms with Gasteiger partial charge in [0.2, 0.25) is 11.2 Å². The average molecular weight is 396 g/mol. The molecule has 0 saturated carbocycles. The van der Waals surface area contributed by atoms with Gasteiger partial charge in [0, 0.05) is 26.3 Å². The van der Waals surface area contributed by atoms with E-state index in [1.165, 1.54) is 12.1 Å². The largest absolute Gasteiger partial charge is 0.452 e. The van der Waals surface area contributed by atoms with Crippen molar-refractivity contribution in [2.24, 2.45) is 0 Å². The van der Waals surface area contributed by atoms with Gasteiger partial charge < -0.3 is 18.6 Å². The van der Waals surface area contributed by atoms with Crippen molar-refractivity contribution in [1.29, 1.82) is 0 Å². The van der Waals surface area contributed by atoms with Gasteiger partial charge in [0.05, 0.1) is 0 Å². The van der Waals surface area contributed by atoms with Crippen LogP contribution in [-0.4, -0.2) is 17.9 Å². The van der Waals surface area contributed by atoms with E-state index in [-0.39, 0.29) is 34.0 Å². The Hall–Kier alpha value is -3.94. The van der Waals surface area contributed by atoms with Gasteiger partial charge in [0.25, 0.3) is 0 Å². The number of hydrogen-bond acceptors (Lipinski definition) is 8. The number of carbonyl (C=O) groups is 3. The van der Waals surface area contributed by atoms with E-state index < -0.39 is 23.3 Å². The summed E-state index contributed by atoms with van der Waals surface area (Å²) in [7, 11) is 0. The second-order valence-corrected chi connectivity index (χ2v) is 6.00. The standard InChI is InChI=1S/C21H16O8/c1-11(22)26-16-10-9-15-17(20(16)27-12(2)23)18(25)21(28-13(3)24)19(29-15)14-7-5-4-6-8-14/h4-10H,1-3H3. The first-order valence-electron chi connectivity index (χ1n) is 8.52. The maximum atomic E-state index is 13.2. The lowest BCUT2D eigenvalue weighted by atomic mass is 10.1. The van der Waals surface area contributed by atoms with E-state index >= 15 is 0 Å². The van der Waals surface area contributed by atoms with Crippen molar-refractivity contribution in [3.63, 3.8) is 0 Å². The summed E-state index contributed by atoms with van der Waals surface area (Å²) in [5, 5.41) is -0.199. The molecule has 0 fully saturated rings. The maximum Gasteiger partial charge on any atom is 0.308 e. The zero-order valence-electron chi connectivity index (χ0n) is 15.8. The van der Waals surface area contributed by atoms with Gasteiger partial charge in [-0.25, -0.2) is 0 Å². The summed E-state index contributed by atoms with van der Waals surface area (Å²) >= 11 is 0. The third kappa shape index (κ3) is 4.16. The number of fused-ring (bicyclic) bond motifs is 1. The Balaban J connectivity index is 2.40. The predicted molar refractivity (Wildman–Crippen MR) is 102 cm³/mol. The Morgan fingerprint density at radius 1 is 0.759 bits per heavy atom. The zero-order chi connectivity index (χ0) is 21.1. The first kappa shape index (κ1) is 19.8. The Bertz CT molecular complexity index is 1170. The van der Waals surface area contributed by atoms with Gasteiger partial charge in [0.1, 0.15) is 11.0 Å². The van der Waals surface area contributed by atoms with Gasteiger partial charge >= 0.3 is 17.9 Å². The molecular formula is C21H16O8. The van der Waals surface area contributed by atoms with E-state index in [1.54, 1.807) is 30.3 Å². The molecule has 8 heteroatoms. The molecule has 0 N–H and O–H groups in total. The van der Waals surface area contributed by atoms with Gasteiger partial charge in [0.15, 0.2) is 17.3 Å². The second kappa shape index (κ2) is 7.97. The Morgan fingerprint density at radius 3 is 1.93 bits per heavy atom. The second-order valence-electron chi connectivity index (χ2n) is 6.00. The fraction of sp³-hybridized carbons (Fsp3) is 0.143. The molecule has 0 aliphatic heterocycles. The SMILES string of the molecule is CC(=O)Oc1ccc2oc(-c3ccccc3)c(OC(C)=O)c(=O)c2c1OC(C)=O. The van der Waals surface area contributed by atoms with Crippen LogP contribution < -0.4 is 19.6 Å². The van der Waals surface area contributed by atoms with E-state index in [0.29, 0.717) is 5.56 Å². The highest BCUT2D eigenvalue weighted by molar-refractivity contribution is 5.93. The predicted octanol–water partition coefficient (Wildman–Crippen LogP) is 3.24. The first-order chi connectivity index (χ1) is 13.8. The van der Waals surface area contributed by atoms with Crippen LogP contribution in [0.3, 0.4) is 0 Å². The lowest BCUT2D eigenvalue weighted by Crippen LogP contribution is -2.16. The third-order valence-electron chi connectivity index (χ3n) is 3.72. The number of esters is 3. The van der Waals surface area contributed by atoms with E-state index in [4.69, 9.17) is 18.6 Å². The van der Waals surface area contributed by atoms with Gasteiger partial charge in [-0.2, -0.15) is 0 Å². The molecule has 0 unspecified atom stereocenters. The van der Waals surface area contributed by atoms with Gasteiger partial charge in [-0.3, -0.25) is 19.2 Å². The molecule has 0 atom stereocenters. The summed E-state index contributed by atoms with van der Waals surface area (Å²) in [6.07, 6.45) is 0. The topological polar surface area (TPSA) is 109 Å². The highest BCUT2D eigenvalue weighted by Gasteiger charge is 2.25. The average Bonchev–Trinajstić information content (AvgIpc) is 2.65. The van der Waals surface area contributed by atoms with Crippen LogP contribution in [-0.2, 0) is 14.4 Å². The molecule has 0 radical (unpaired) electrons. The number of carbonyl (C=O) groups excluding carboxylic acids is 3. The zero-order valence-corrected chi connectivity index (χ0v) is 15.8. The Labute approximate surface area is 164 Å². The van der Waals surface area contributed by atoms with Gasteiger partial charge in [-0.05, 0) is 12.1 Å². The number of benzene rings is 2. The number of hydrogen-bond donors (Lipinski definition) is 0. The van der Waals surface area contributed by atoms with Crippen molar-refractivity contribution in [2.75, 3.05) is 0 Å². The molecule has 0 amide bonds. The van der Waals surface area contributed by atoms with Crippen LogP contribution in [0.2, 0.25) is 0 Å². The maximum absolute atomic E-state index is 13.2. The molecule has 0 spiro atoms. The Morgan fingerprint density at radius 2 is 1.34 bits per heavy atom. The molecular weight excluding hydrogens is 380 g/mol. The molecule has 0 saturated heterocycles. The summed E-state index contributed by atoms with van der Waals surface area (Å²) in [4.78, 5) is 47.8. The van der Waals surface area contributed by atoms with Crippen molar-refractivity contribution in [2.45, 2.75) is 20.8 Å². The molecule has 8 nitrogen and oxygen atoms in total. The summed E-state index contributed by atoms with van der Waals surface area (Å²) < 4.78 is 21.1. The third-order valence-corrected chi connectivity index (χ3v) is 3.72. The van der Waals surface area contributed by atoms with Crippen LogP contribution in [0.4, 0.5) is 0 Å². The van der Waals surface area contributed by atoms with Gasteiger partial charge in [-0.15, -0.1) is 0 Å². The molecule has 148 valence electrons. The fourth-order valence-electron chi connectivity index (χ4n) is 2.71. The molecule has 29 heavy (non-hydrogen) atoms. The van der Waals surface area contributed by atoms with Crippen molar-refractivity contribution in [3.8, 4) is 28.6 Å². The summed E-state index contributed by atoms with van der Waals surface area (Å²) in [5.74, 6) is -2.94. The minimum Gasteiger partial charge on any atom is -0.452 e. The van der Waals surface area contributed by atoms with Crippen LogP contribution in [0.15, 0.2) is 51.7 Å². The molecule has 1 heterocycles. The minimum atomic E-state index is -0.759. The Kier molecular flexibility index (Phi) is 5.45. The lowest BCUT2D eigenvalue weighted by Gasteiger charge is -2.14. The molecule has 2 aromatic carbocycles. The van der Waals surface area contributed by atoms with Crippen LogP contribution >= 0.6 is 0 Å². The molecule has 3 aromatic rings. The molecule has 3 rings (SSSR count). The summed E-state index contributed by atoms with van der Waals surface area (Å²) in [5.41, 5.74) is -0.205. The van der Waals surface area contributed by atoms with Crippen LogP contribution in [0.25, 0.3) is 22.3 Å². The number of ether oxygens (including phenoxy) is 3. The van der Waals surface area contributed by atoms with Crippen molar-refractivity contribution >= 4 is 28.9 Å². The smallest absolute Gasteiger partial charge is 0.308 e. The molecule has 0 bridgehead atoms. The highest BCUT2D eigenvalue weighted by Crippen LogP contribution is 2.38. The molecule has 0 aliphatic carbocycles. The summed E-state index contributed by atoms with van der Waals surface area (Å²) in [6, 6.07) is 11.3. The molecule has 1 aromatic heterocycles. The molecule has 0 aliphatic rings. The fourth-order valence-corrected chi connectivity index (χ4v) is 2.71. The van der Waals surface area contributed by atoms with Crippen molar-refractivity contribution < 1.29 is 33.0 Å². The first-order valence-corrected chi connectivity index (χ1v) is 8.52. The van der Waals surface area contributed by atoms with E-state index in [0.717, 1.165) is 20.8 Å². The van der Waals surface area contributed by atoms with Gasteiger partial charge in [-0.1, -0.05) is 30.3 Å². The normalized spacial score (nSPS) is 10.4. The van der Waals surface area contributed by atoms with Crippen molar-refractivity contribution in [3.05, 3.63) is 52.7 Å². The van der Waals surface area contributed by atoms with E-state index in [1.807, 2.05) is 0 Å². The van der Waals surface area contributed by atoms with Crippen molar-refractivity contribution in [1.82, 2.24) is 0 Å². The quantitative estimate of drug-likeness (QED) is 0.488. The highest BCUT2D eigenvalue weighted by atomic mass is 16.6. The van der Waals surface area contributed by atoms with Crippen LogP contribution in [0.5, 0.6) is 17.2 Å². The van der Waals surface area contributed by atoms with Crippen LogP contribution in [0, 0.1) is 0 Å². The number of rotatable bonds is 4. The summed E-state index contributed by atoms with van der Waals surface area (Å²) in [6.45, 7) is 3.43. The lowest BCUT2D eigenvalue weighted by molar-refractivity contribution is -0.134. The van der Waals surface area contributed by atoms with Crippen LogP contribution in [0.1, 0.15) is 20.8 Å². The van der Waals surface area contributed by atoms with E-state index in [2.05, 4.69) is 0 Å². The minimum absolute atomic E-state index is 0.0345.